The van der Waals surface area contributed by atoms with Gasteiger partial charge in [-0.2, -0.15) is 0 Å². The standard InChI is InChI=1S/C5H14N2O/c1-4(6)2-5(7)3-8/h4-5,8H,2-3,6-7H2,1H3. The highest BCUT2D eigenvalue weighted by molar-refractivity contribution is 4.64. The van der Waals surface area contributed by atoms with Crippen LogP contribution in [0.1, 0.15) is 13.3 Å². The van der Waals surface area contributed by atoms with Gasteiger partial charge in [-0.3, -0.25) is 0 Å². The van der Waals surface area contributed by atoms with Crippen molar-refractivity contribution in [3.8, 4) is 0 Å². The lowest BCUT2D eigenvalue weighted by molar-refractivity contribution is 0.255. The van der Waals surface area contributed by atoms with Gasteiger partial charge in [0.25, 0.3) is 0 Å². The Labute approximate surface area is 49.7 Å². The zero-order valence-corrected chi connectivity index (χ0v) is 5.17. The normalized spacial score (nSPS) is 18.0. The second-order valence-electron chi connectivity index (χ2n) is 2.16. The van der Waals surface area contributed by atoms with Gasteiger partial charge in [-0.05, 0) is 13.3 Å². The summed E-state index contributed by atoms with van der Waals surface area (Å²) in [4.78, 5) is 0. The Balaban J connectivity index is 3.10. The van der Waals surface area contributed by atoms with Gasteiger partial charge in [-0.15, -0.1) is 0 Å². The van der Waals surface area contributed by atoms with E-state index < -0.39 is 0 Å². The maximum atomic E-state index is 8.40. The van der Waals surface area contributed by atoms with E-state index in [-0.39, 0.29) is 18.7 Å². The number of nitrogens with two attached hydrogens (primary N) is 2. The molecule has 0 aliphatic carbocycles. The van der Waals surface area contributed by atoms with Crippen LogP contribution in [0.4, 0.5) is 0 Å². The molecule has 0 radical (unpaired) electrons. The van der Waals surface area contributed by atoms with Gasteiger partial charge in [-0.1, -0.05) is 0 Å². The Bertz CT molecular complexity index is 56.4. The lowest BCUT2D eigenvalue weighted by Crippen LogP contribution is -2.31. The molecule has 0 fully saturated rings. The number of aliphatic hydroxyl groups excluding tert-OH is 1. The molecule has 3 nitrogen and oxygen atoms in total. The topological polar surface area (TPSA) is 72.3 Å². The summed E-state index contributed by atoms with van der Waals surface area (Å²) in [6, 6.07) is -0.0489. The van der Waals surface area contributed by atoms with Crippen molar-refractivity contribution in [1.82, 2.24) is 0 Å². The SMILES string of the molecule is CC(N)CC(N)CO. The monoisotopic (exact) mass is 118 g/mol. The molecule has 0 bridgehead atoms. The van der Waals surface area contributed by atoms with Gasteiger partial charge in [0.1, 0.15) is 0 Å². The summed E-state index contributed by atoms with van der Waals surface area (Å²) in [6.45, 7) is 1.90. The van der Waals surface area contributed by atoms with E-state index in [1.807, 2.05) is 6.92 Å². The fourth-order valence-electron chi connectivity index (χ4n) is 0.552. The van der Waals surface area contributed by atoms with Crippen molar-refractivity contribution in [2.45, 2.75) is 25.4 Å². The summed E-state index contributed by atoms with van der Waals surface area (Å²) in [5.41, 5.74) is 10.7. The van der Waals surface area contributed by atoms with Gasteiger partial charge in [0.2, 0.25) is 0 Å². The maximum absolute atomic E-state index is 8.40. The number of rotatable bonds is 3. The molecule has 0 saturated heterocycles. The zero-order chi connectivity index (χ0) is 6.57. The van der Waals surface area contributed by atoms with Crippen molar-refractivity contribution in [1.29, 1.82) is 0 Å². The van der Waals surface area contributed by atoms with Gasteiger partial charge in [0, 0.05) is 12.1 Å². The molecule has 0 amide bonds. The Morgan fingerprint density at radius 3 is 2.12 bits per heavy atom. The molecule has 3 heteroatoms. The van der Waals surface area contributed by atoms with Crippen LogP contribution in [0, 0.1) is 0 Å². The van der Waals surface area contributed by atoms with Crippen LogP contribution in [0.25, 0.3) is 0 Å². The van der Waals surface area contributed by atoms with E-state index in [9.17, 15) is 0 Å². The van der Waals surface area contributed by atoms with E-state index in [4.69, 9.17) is 16.6 Å². The summed E-state index contributed by atoms with van der Waals surface area (Å²) in [5, 5.41) is 8.40. The van der Waals surface area contributed by atoms with Gasteiger partial charge in [0.15, 0.2) is 0 Å². The molecule has 0 aliphatic heterocycles. The first-order valence-corrected chi connectivity index (χ1v) is 2.78. The van der Waals surface area contributed by atoms with E-state index in [0.29, 0.717) is 6.42 Å². The van der Waals surface area contributed by atoms with Crippen LogP contribution in [0.5, 0.6) is 0 Å². The van der Waals surface area contributed by atoms with Crippen molar-refractivity contribution in [2.24, 2.45) is 11.5 Å². The minimum absolute atomic E-state index is 0.0293. The third-order valence-corrected chi connectivity index (χ3v) is 0.909. The third-order valence-electron chi connectivity index (χ3n) is 0.909. The van der Waals surface area contributed by atoms with Gasteiger partial charge in [0.05, 0.1) is 6.61 Å². The third kappa shape index (κ3) is 4.05. The van der Waals surface area contributed by atoms with Crippen LogP contribution < -0.4 is 11.5 Å². The molecule has 0 spiro atoms. The molecule has 0 aromatic carbocycles. The Hall–Kier alpha value is -0.120. The van der Waals surface area contributed by atoms with E-state index >= 15 is 0 Å². The largest absolute Gasteiger partial charge is 0.395 e. The van der Waals surface area contributed by atoms with Crippen molar-refractivity contribution >= 4 is 0 Å². The Morgan fingerprint density at radius 2 is 2.00 bits per heavy atom. The van der Waals surface area contributed by atoms with E-state index in [1.54, 1.807) is 0 Å². The molecule has 8 heavy (non-hydrogen) atoms. The van der Waals surface area contributed by atoms with Crippen LogP contribution in [-0.4, -0.2) is 23.8 Å². The average molecular weight is 118 g/mol. The Morgan fingerprint density at radius 1 is 1.50 bits per heavy atom. The predicted octanol–water partition coefficient (Wildman–Crippen LogP) is -0.957. The fraction of sp³-hybridized carbons (Fsp3) is 1.00. The summed E-state index contributed by atoms with van der Waals surface area (Å²) in [5.74, 6) is 0. The summed E-state index contributed by atoms with van der Waals surface area (Å²) in [7, 11) is 0. The first kappa shape index (κ1) is 7.88. The minimum Gasteiger partial charge on any atom is -0.395 e. The first-order chi connectivity index (χ1) is 3.66. The van der Waals surface area contributed by atoms with Crippen molar-refractivity contribution in [2.75, 3.05) is 6.61 Å². The molecular formula is C5H14N2O. The molecular weight excluding hydrogens is 104 g/mol. The van der Waals surface area contributed by atoms with E-state index in [0.717, 1.165) is 0 Å². The summed E-state index contributed by atoms with van der Waals surface area (Å²) in [6.07, 6.45) is 0.691. The fourth-order valence-corrected chi connectivity index (χ4v) is 0.552. The lowest BCUT2D eigenvalue weighted by atomic mass is 10.1. The van der Waals surface area contributed by atoms with Gasteiger partial charge < -0.3 is 16.6 Å². The van der Waals surface area contributed by atoms with Gasteiger partial charge >= 0.3 is 0 Å². The molecule has 5 N–H and O–H groups in total. The average Bonchev–Trinajstić information content (AvgIpc) is 1.65. The molecule has 2 unspecified atom stereocenters. The number of hydrogen-bond donors (Lipinski definition) is 3. The van der Waals surface area contributed by atoms with Crippen LogP contribution in [-0.2, 0) is 0 Å². The highest BCUT2D eigenvalue weighted by atomic mass is 16.3. The van der Waals surface area contributed by atoms with Crippen molar-refractivity contribution in [3.63, 3.8) is 0 Å². The second kappa shape index (κ2) is 3.83. The highest BCUT2D eigenvalue weighted by Crippen LogP contribution is 1.89. The van der Waals surface area contributed by atoms with Crippen LogP contribution in [0.2, 0.25) is 0 Å². The van der Waals surface area contributed by atoms with Crippen LogP contribution >= 0.6 is 0 Å². The molecule has 0 heterocycles. The first-order valence-electron chi connectivity index (χ1n) is 2.78. The molecule has 0 saturated carbocycles. The summed E-state index contributed by atoms with van der Waals surface area (Å²) >= 11 is 0. The number of aliphatic hydroxyl groups is 1. The maximum Gasteiger partial charge on any atom is 0.0583 e. The molecule has 50 valence electrons. The lowest BCUT2D eigenvalue weighted by Gasteiger charge is -2.09. The summed E-state index contributed by atoms with van der Waals surface area (Å²) < 4.78 is 0. The molecule has 2 atom stereocenters. The van der Waals surface area contributed by atoms with Crippen LogP contribution in [0.15, 0.2) is 0 Å². The van der Waals surface area contributed by atoms with E-state index in [2.05, 4.69) is 0 Å². The van der Waals surface area contributed by atoms with Crippen LogP contribution in [0.3, 0.4) is 0 Å². The van der Waals surface area contributed by atoms with E-state index in [1.165, 1.54) is 0 Å². The molecule has 0 aromatic heterocycles. The Kier molecular flexibility index (Phi) is 3.77. The minimum atomic E-state index is -0.144. The van der Waals surface area contributed by atoms with Crippen molar-refractivity contribution in [3.05, 3.63) is 0 Å². The second-order valence-corrected chi connectivity index (χ2v) is 2.16. The smallest absolute Gasteiger partial charge is 0.0583 e. The van der Waals surface area contributed by atoms with Crippen molar-refractivity contribution < 1.29 is 5.11 Å². The van der Waals surface area contributed by atoms with Gasteiger partial charge in [-0.25, -0.2) is 0 Å². The highest BCUT2D eigenvalue weighted by Gasteiger charge is 2.01. The number of hydrogen-bond acceptors (Lipinski definition) is 3. The molecule has 0 aromatic rings. The zero-order valence-electron chi connectivity index (χ0n) is 5.17. The quantitative estimate of drug-likeness (QED) is 0.447. The molecule has 0 rings (SSSR count). The molecule has 0 aliphatic rings. The predicted molar refractivity (Wildman–Crippen MR) is 33.3 cm³/mol.